The van der Waals surface area contributed by atoms with Crippen molar-refractivity contribution < 1.29 is 19.1 Å². The number of hydrogen-bond acceptors (Lipinski definition) is 4. The lowest BCUT2D eigenvalue weighted by molar-refractivity contribution is -0.141. The highest BCUT2D eigenvalue weighted by atomic mass is 35.5. The Labute approximate surface area is 205 Å². The Balaban J connectivity index is 1.78. The molecule has 1 aliphatic heterocycles. The fourth-order valence-electron chi connectivity index (χ4n) is 3.69. The van der Waals surface area contributed by atoms with E-state index in [0.717, 1.165) is 17.5 Å². The third-order valence-corrected chi connectivity index (χ3v) is 6.53. The van der Waals surface area contributed by atoms with E-state index < -0.39 is 6.04 Å². The zero-order valence-electron chi connectivity index (χ0n) is 19.2. The summed E-state index contributed by atoms with van der Waals surface area (Å²) in [4.78, 5) is 28.1. The lowest BCUT2D eigenvalue weighted by Crippen LogP contribution is -2.50. The summed E-state index contributed by atoms with van der Waals surface area (Å²) in [6.45, 7) is 6.35. The largest absolute Gasteiger partial charge is 0.454 e. The molecule has 0 radical (unpaired) electrons. The van der Waals surface area contributed by atoms with Crippen molar-refractivity contribution in [3.05, 3.63) is 57.6 Å². The van der Waals surface area contributed by atoms with Crippen molar-refractivity contribution in [3.63, 3.8) is 0 Å². The maximum absolute atomic E-state index is 13.4. The van der Waals surface area contributed by atoms with Gasteiger partial charge in [-0.2, -0.15) is 0 Å². The lowest BCUT2D eigenvalue weighted by Gasteiger charge is -2.31. The molecule has 0 spiro atoms. The van der Waals surface area contributed by atoms with Crippen molar-refractivity contribution in [3.8, 4) is 11.5 Å². The van der Waals surface area contributed by atoms with Crippen LogP contribution >= 0.6 is 23.2 Å². The van der Waals surface area contributed by atoms with E-state index in [1.807, 2.05) is 45.0 Å². The van der Waals surface area contributed by atoms with Crippen LogP contribution in [-0.4, -0.2) is 35.6 Å². The molecular weight excluding hydrogens is 463 g/mol. The maximum atomic E-state index is 13.4. The van der Waals surface area contributed by atoms with Crippen molar-refractivity contribution in [2.24, 2.45) is 0 Å². The van der Waals surface area contributed by atoms with E-state index in [9.17, 15) is 9.59 Å². The van der Waals surface area contributed by atoms with Crippen LogP contribution in [0.3, 0.4) is 0 Å². The molecule has 1 N–H and O–H groups in total. The number of carbonyl (C=O) groups excluding carboxylic acids is 2. The second-order valence-corrected chi connectivity index (χ2v) is 9.01. The van der Waals surface area contributed by atoms with Gasteiger partial charge in [-0.25, -0.2) is 0 Å². The molecule has 0 unspecified atom stereocenters. The first kappa shape index (κ1) is 25.2. The van der Waals surface area contributed by atoms with Crippen LogP contribution in [0.15, 0.2) is 36.4 Å². The lowest BCUT2D eigenvalue weighted by atomic mass is 10.1. The van der Waals surface area contributed by atoms with Gasteiger partial charge >= 0.3 is 0 Å². The molecule has 2 amide bonds. The topological polar surface area (TPSA) is 67.9 Å². The monoisotopic (exact) mass is 492 g/mol. The molecule has 1 heterocycles. The van der Waals surface area contributed by atoms with E-state index in [1.165, 1.54) is 0 Å². The van der Waals surface area contributed by atoms with Gasteiger partial charge in [0.1, 0.15) is 6.04 Å². The minimum absolute atomic E-state index is 0.0297. The molecule has 1 aliphatic rings. The fraction of sp³-hybridized carbons (Fsp3) is 0.440. The molecule has 8 heteroatoms. The van der Waals surface area contributed by atoms with Gasteiger partial charge in [0.05, 0.1) is 10.0 Å². The Morgan fingerprint density at radius 2 is 1.73 bits per heavy atom. The standard InChI is InChI=1S/C25H30Cl2N2O4/c1-4-16(3)28-25(31)21(5-2)29(14-18-6-9-19(26)20(27)12-18)24(30)11-8-17-7-10-22-23(13-17)33-15-32-22/h6-7,9-10,12-13,16,21H,4-5,8,11,14-15H2,1-3H3,(H,28,31)/t16-,21-/m1/s1. The molecule has 33 heavy (non-hydrogen) atoms. The summed E-state index contributed by atoms with van der Waals surface area (Å²) in [6, 6.07) is 10.4. The number of fused-ring (bicyclic) bond motifs is 1. The van der Waals surface area contributed by atoms with E-state index in [1.54, 1.807) is 17.0 Å². The molecule has 2 aromatic rings. The van der Waals surface area contributed by atoms with Crippen LogP contribution in [0.1, 0.15) is 51.2 Å². The molecule has 0 saturated heterocycles. The highest BCUT2D eigenvalue weighted by Gasteiger charge is 2.29. The summed E-state index contributed by atoms with van der Waals surface area (Å²) in [6.07, 6.45) is 2.09. The van der Waals surface area contributed by atoms with Crippen LogP contribution in [0.4, 0.5) is 0 Å². The minimum atomic E-state index is -0.585. The Morgan fingerprint density at radius 1 is 1.00 bits per heavy atom. The van der Waals surface area contributed by atoms with Gasteiger partial charge < -0.3 is 19.7 Å². The Bertz CT molecular complexity index is 998. The van der Waals surface area contributed by atoms with Crippen molar-refractivity contribution in [1.29, 1.82) is 0 Å². The second-order valence-electron chi connectivity index (χ2n) is 8.20. The van der Waals surface area contributed by atoms with Gasteiger partial charge in [-0.15, -0.1) is 0 Å². The average Bonchev–Trinajstić information content (AvgIpc) is 3.27. The summed E-state index contributed by atoms with van der Waals surface area (Å²) in [7, 11) is 0. The van der Waals surface area contributed by atoms with Crippen molar-refractivity contribution in [2.45, 2.75) is 65.1 Å². The Morgan fingerprint density at radius 3 is 2.42 bits per heavy atom. The third-order valence-electron chi connectivity index (χ3n) is 5.79. The molecule has 0 saturated carbocycles. The maximum Gasteiger partial charge on any atom is 0.243 e. The van der Waals surface area contributed by atoms with Crippen LogP contribution in [0.5, 0.6) is 11.5 Å². The molecule has 3 rings (SSSR count). The first-order chi connectivity index (χ1) is 15.8. The van der Waals surface area contributed by atoms with E-state index in [-0.39, 0.29) is 37.6 Å². The van der Waals surface area contributed by atoms with Crippen molar-refractivity contribution in [2.75, 3.05) is 6.79 Å². The quantitative estimate of drug-likeness (QED) is 0.483. The summed E-state index contributed by atoms with van der Waals surface area (Å²) >= 11 is 12.2. The highest BCUT2D eigenvalue weighted by Crippen LogP contribution is 2.33. The van der Waals surface area contributed by atoms with E-state index in [4.69, 9.17) is 32.7 Å². The number of hydrogen-bond donors (Lipinski definition) is 1. The van der Waals surface area contributed by atoms with Gasteiger partial charge in [0.25, 0.3) is 0 Å². The number of aryl methyl sites for hydroxylation is 1. The SMILES string of the molecule is CC[C@@H](C)NC(=O)[C@@H](CC)N(Cc1ccc(Cl)c(Cl)c1)C(=O)CCc1ccc2c(c1)OCO2. The van der Waals surface area contributed by atoms with Gasteiger partial charge in [-0.05, 0) is 61.6 Å². The fourth-order valence-corrected chi connectivity index (χ4v) is 4.01. The van der Waals surface area contributed by atoms with Crippen LogP contribution in [0, 0.1) is 0 Å². The number of carbonyl (C=O) groups is 2. The van der Waals surface area contributed by atoms with Gasteiger partial charge in [-0.3, -0.25) is 9.59 Å². The summed E-state index contributed by atoms with van der Waals surface area (Å²) in [5.41, 5.74) is 1.79. The molecular formula is C25H30Cl2N2O4. The average molecular weight is 493 g/mol. The zero-order chi connectivity index (χ0) is 24.0. The minimum Gasteiger partial charge on any atom is -0.454 e. The summed E-state index contributed by atoms with van der Waals surface area (Å²) in [5.74, 6) is 1.14. The van der Waals surface area contributed by atoms with Crippen molar-refractivity contribution >= 4 is 35.0 Å². The normalized spacial score (nSPS) is 14.0. The van der Waals surface area contributed by atoms with Crippen LogP contribution in [-0.2, 0) is 22.6 Å². The molecule has 0 fully saturated rings. The molecule has 178 valence electrons. The molecule has 0 bridgehead atoms. The molecule has 0 aromatic heterocycles. The number of ether oxygens (including phenoxy) is 2. The number of amides is 2. The van der Waals surface area contributed by atoms with Gasteiger partial charge in [0.2, 0.25) is 18.6 Å². The van der Waals surface area contributed by atoms with E-state index in [2.05, 4.69) is 5.32 Å². The van der Waals surface area contributed by atoms with Crippen LogP contribution < -0.4 is 14.8 Å². The van der Waals surface area contributed by atoms with E-state index in [0.29, 0.717) is 34.4 Å². The zero-order valence-corrected chi connectivity index (χ0v) is 20.7. The predicted molar refractivity (Wildman–Crippen MR) is 130 cm³/mol. The number of nitrogens with one attached hydrogen (secondary N) is 1. The first-order valence-electron chi connectivity index (χ1n) is 11.2. The summed E-state index contributed by atoms with van der Waals surface area (Å²) < 4.78 is 10.8. The number of nitrogens with zero attached hydrogens (tertiary/aromatic N) is 1. The van der Waals surface area contributed by atoms with Gasteiger partial charge in [0.15, 0.2) is 11.5 Å². The predicted octanol–water partition coefficient (Wildman–Crippen LogP) is 5.38. The Kier molecular flexibility index (Phi) is 8.87. The van der Waals surface area contributed by atoms with E-state index >= 15 is 0 Å². The van der Waals surface area contributed by atoms with Gasteiger partial charge in [-0.1, -0.05) is 49.2 Å². The van der Waals surface area contributed by atoms with Crippen LogP contribution in [0.25, 0.3) is 0 Å². The molecule has 2 atom stereocenters. The summed E-state index contributed by atoms with van der Waals surface area (Å²) in [5, 5.41) is 3.88. The van der Waals surface area contributed by atoms with Crippen molar-refractivity contribution in [1.82, 2.24) is 10.2 Å². The van der Waals surface area contributed by atoms with Gasteiger partial charge in [0, 0.05) is 19.0 Å². The third kappa shape index (κ3) is 6.55. The second kappa shape index (κ2) is 11.6. The number of halogens is 2. The molecule has 2 aromatic carbocycles. The molecule has 6 nitrogen and oxygen atoms in total. The van der Waals surface area contributed by atoms with Crippen LogP contribution in [0.2, 0.25) is 10.0 Å². The number of rotatable bonds is 10. The number of benzene rings is 2. The smallest absolute Gasteiger partial charge is 0.243 e. The highest BCUT2D eigenvalue weighted by molar-refractivity contribution is 6.42. The molecule has 0 aliphatic carbocycles. The first-order valence-corrected chi connectivity index (χ1v) is 12.0. The Hall–Kier alpha value is -2.44.